The summed E-state index contributed by atoms with van der Waals surface area (Å²) in [6.07, 6.45) is -1.71. The van der Waals surface area contributed by atoms with Crippen LogP contribution >= 0.6 is 0 Å². The van der Waals surface area contributed by atoms with Gasteiger partial charge in [0, 0.05) is 18.7 Å². The molecule has 3 heterocycles. The average molecular weight is 494 g/mol. The molecule has 188 valence electrons. The van der Waals surface area contributed by atoms with Gasteiger partial charge in [0.1, 0.15) is 24.6 Å². The maximum absolute atomic E-state index is 13.2. The molecule has 5 N–H and O–H groups in total. The van der Waals surface area contributed by atoms with E-state index in [1.807, 2.05) is 0 Å². The predicted octanol–water partition coefficient (Wildman–Crippen LogP) is -0.425. The van der Waals surface area contributed by atoms with Crippen LogP contribution in [-0.2, 0) is 9.47 Å². The second-order valence-electron chi connectivity index (χ2n) is 7.70. The van der Waals surface area contributed by atoms with Gasteiger partial charge in [0.15, 0.2) is 34.8 Å². The molecule has 0 unspecified atom stereocenters. The largest absolute Gasteiger partial charge is 0.394 e. The zero-order valence-electron chi connectivity index (χ0n) is 18.3. The predicted molar refractivity (Wildman–Crippen MR) is 116 cm³/mol. The summed E-state index contributed by atoms with van der Waals surface area (Å²) >= 11 is 0. The Bertz CT molecular complexity index is 1180. The van der Waals surface area contributed by atoms with Crippen LogP contribution in [0.1, 0.15) is 16.6 Å². The molecular formula is C21H24F2N6O6. The molecule has 0 saturated carbocycles. The first-order valence-corrected chi connectivity index (χ1v) is 10.8. The van der Waals surface area contributed by atoms with E-state index in [2.05, 4.69) is 25.6 Å². The van der Waals surface area contributed by atoms with E-state index in [4.69, 9.17) is 9.47 Å². The molecule has 1 amide bonds. The van der Waals surface area contributed by atoms with Gasteiger partial charge in [-0.25, -0.2) is 23.7 Å². The number of amides is 1. The minimum absolute atomic E-state index is 0.00898. The molecular weight excluding hydrogens is 470 g/mol. The number of fused-ring (bicyclic) bond motifs is 1. The zero-order chi connectivity index (χ0) is 24.9. The van der Waals surface area contributed by atoms with E-state index in [0.717, 1.165) is 12.1 Å². The Morgan fingerprint density at radius 2 is 1.91 bits per heavy atom. The van der Waals surface area contributed by atoms with E-state index in [-0.39, 0.29) is 25.3 Å². The highest BCUT2D eigenvalue weighted by Gasteiger charge is 2.44. The van der Waals surface area contributed by atoms with Crippen molar-refractivity contribution in [2.75, 3.05) is 38.2 Å². The van der Waals surface area contributed by atoms with Crippen LogP contribution < -0.4 is 10.6 Å². The number of imidazole rings is 1. The number of nitrogens with zero attached hydrogens (tertiary/aromatic N) is 4. The third kappa shape index (κ3) is 5.36. The molecule has 4 atom stereocenters. The van der Waals surface area contributed by atoms with Crippen molar-refractivity contribution in [1.82, 2.24) is 24.8 Å². The van der Waals surface area contributed by atoms with Gasteiger partial charge in [-0.05, 0) is 18.2 Å². The first kappa shape index (κ1) is 24.8. The fraction of sp³-hybridized carbons (Fsp3) is 0.429. The monoisotopic (exact) mass is 494 g/mol. The molecule has 0 spiro atoms. The standard InChI is InChI=1S/C21H24F2N6O6/c22-12-2-1-11(7-13(12)23)20(33)25-4-6-34-5-3-24-18-15-19(27-9-26-18)29(10-28-15)21-17(32)16(31)14(8-30)35-21/h1-2,7,9-10,14,16-17,21,30-32H,3-6,8H2,(H,25,33)(H,24,26,27)/t14-,16-,17-,21-/m1/s1. The average Bonchev–Trinajstić information content (AvgIpc) is 3.41. The van der Waals surface area contributed by atoms with Crippen LogP contribution in [0.3, 0.4) is 0 Å². The third-order valence-electron chi connectivity index (χ3n) is 5.40. The number of hydrogen-bond acceptors (Lipinski definition) is 10. The van der Waals surface area contributed by atoms with Crippen LogP contribution in [0.25, 0.3) is 11.2 Å². The lowest BCUT2D eigenvalue weighted by molar-refractivity contribution is -0.0511. The van der Waals surface area contributed by atoms with E-state index in [9.17, 15) is 28.9 Å². The highest BCUT2D eigenvalue weighted by Crippen LogP contribution is 2.32. The lowest BCUT2D eigenvalue weighted by Gasteiger charge is -2.16. The number of carbonyl (C=O) groups excluding carboxylic acids is 1. The van der Waals surface area contributed by atoms with E-state index >= 15 is 0 Å². The van der Waals surface area contributed by atoms with Gasteiger partial charge in [0.2, 0.25) is 0 Å². The van der Waals surface area contributed by atoms with Crippen LogP contribution in [0.5, 0.6) is 0 Å². The van der Waals surface area contributed by atoms with Crippen LogP contribution in [0.4, 0.5) is 14.6 Å². The van der Waals surface area contributed by atoms with Gasteiger partial charge in [0.05, 0.1) is 26.1 Å². The molecule has 1 aliphatic rings. The van der Waals surface area contributed by atoms with Crippen molar-refractivity contribution in [2.45, 2.75) is 24.5 Å². The van der Waals surface area contributed by atoms with E-state index in [1.165, 1.54) is 23.3 Å². The number of aliphatic hydroxyl groups excluding tert-OH is 3. The molecule has 2 aromatic heterocycles. The van der Waals surface area contributed by atoms with E-state index in [0.29, 0.717) is 23.5 Å². The minimum Gasteiger partial charge on any atom is -0.394 e. The van der Waals surface area contributed by atoms with Gasteiger partial charge in [-0.1, -0.05) is 0 Å². The Morgan fingerprint density at radius 3 is 2.66 bits per heavy atom. The van der Waals surface area contributed by atoms with Crippen molar-refractivity contribution in [3.05, 3.63) is 48.1 Å². The quantitative estimate of drug-likeness (QED) is 0.234. The summed E-state index contributed by atoms with van der Waals surface area (Å²) in [6, 6.07) is 2.90. The molecule has 0 aliphatic carbocycles. The molecule has 1 fully saturated rings. The molecule has 0 bridgehead atoms. The van der Waals surface area contributed by atoms with Gasteiger partial charge in [0.25, 0.3) is 5.91 Å². The first-order valence-electron chi connectivity index (χ1n) is 10.8. The molecule has 35 heavy (non-hydrogen) atoms. The zero-order valence-corrected chi connectivity index (χ0v) is 18.3. The second kappa shape index (κ2) is 11.0. The Morgan fingerprint density at radius 1 is 1.11 bits per heavy atom. The summed E-state index contributed by atoms with van der Waals surface area (Å²) in [5.74, 6) is -2.25. The summed E-state index contributed by atoms with van der Waals surface area (Å²) in [6.45, 7) is 0.532. The summed E-state index contributed by atoms with van der Waals surface area (Å²) in [7, 11) is 0. The first-order chi connectivity index (χ1) is 16.9. The number of nitrogens with one attached hydrogen (secondary N) is 2. The highest BCUT2D eigenvalue weighted by atomic mass is 19.2. The van der Waals surface area contributed by atoms with E-state index in [1.54, 1.807) is 0 Å². The van der Waals surface area contributed by atoms with Crippen LogP contribution in [0.2, 0.25) is 0 Å². The molecule has 3 aromatic rings. The van der Waals surface area contributed by atoms with Gasteiger partial charge < -0.3 is 35.4 Å². The Balaban J connectivity index is 1.24. The van der Waals surface area contributed by atoms with Gasteiger partial charge >= 0.3 is 0 Å². The number of carbonyl (C=O) groups is 1. The Hall–Kier alpha value is -3.30. The lowest BCUT2D eigenvalue weighted by Crippen LogP contribution is -2.33. The number of ether oxygens (including phenoxy) is 2. The number of rotatable bonds is 10. The van der Waals surface area contributed by atoms with Crippen molar-refractivity contribution in [1.29, 1.82) is 0 Å². The summed E-state index contributed by atoms with van der Waals surface area (Å²) in [4.78, 5) is 24.5. The van der Waals surface area contributed by atoms with Gasteiger partial charge in [-0.2, -0.15) is 0 Å². The maximum Gasteiger partial charge on any atom is 0.251 e. The summed E-state index contributed by atoms with van der Waals surface area (Å²) < 4.78 is 38.6. The Kier molecular flexibility index (Phi) is 7.77. The topological polar surface area (TPSA) is 164 Å². The van der Waals surface area contributed by atoms with Crippen molar-refractivity contribution >= 4 is 22.9 Å². The number of benzene rings is 1. The molecule has 12 nitrogen and oxygen atoms in total. The highest BCUT2D eigenvalue weighted by molar-refractivity contribution is 5.94. The van der Waals surface area contributed by atoms with Gasteiger partial charge in [-0.15, -0.1) is 0 Å². The molecule has 4 rings (SSSR count). The fourth-order valence-corrected chi connectivity index (χ4v) is 3.60. The fourth-order valence-electron chi connectivity index (χ4n) is 3.60. The van der Waals surface area contributed by atoms with Crippen LogP contribution in [-0.4, -0.2) is 92.0 Å². The molecule has 0 radical (unpaired) electrons. The molecule has 1 saturated heterocycles. The van der Waals surface area contributed by atoms with Crippen molar-refractivity contribution in [3.8, 4) is 0 Å². The third-order valence-corrected chi connectivity index (χ3v) is 5.40. The minimum atomic E-state index is -1.27. The Labute approximate surface area is 197 Å². The summed E-state index contributed by atoms with van der Waals surface area (Å²) in [5.41, 5.74) is 0.775. The number of anilines is 1. The molecule has 14 heteroatoms. The van der Waals surface area contributed by atoms with Crippen molar-refractivity contribution in [3.63, 3.8) is 0 Å². The van der Waals surface area contributed by atoms with Crippen molar-refractivity contribution < 1.29 is 38.4 Å². The van der Waals surface area contributed by atoms with Crippen molar-refractivity contribution in [2.24, 2.45) is 0 Å². The maximum atomic E-state index is 13.2. The SMILES string of the molecule is O=C(NCCOCCNc1ncnc2c1ncn2[C@@H]1O[C@H](CO)[C@@H](O)[C@H]1O)c1ccc(F)c(F)c1. The van der Waals surface area contributed by atoms with Crippen LogP contribution in [0.15, 0.2) is 30.9 Å². The normalized spacial score (nSPS) is 22.0. The van der Waals surface area contributed by atoms with Gasteiger partial charge in [-0.3, -0.25) is 9.36 Å². The lowest BCUT2D eigenvalue weighted by atomic mass is 10.1. The van der Waals surface area contributed by atoms with Crippen LogP contribution in [0, 0.1) is 11.6 Å². The molecule has 1 aromatic carbocycles. The summed E-state index contributed by atoms with van der Waals surface area (Å²) in [5, 5.41) is 35.1. The number of halogens is 2. The van der Waals surface area contributed by atoms with E-state index < -0.39 is 48.7 Å². The second-order valence-corrected chi connectivity index (χ2v) is 7.70. The number of aromatic nitrogens is 4. The number of aliphatic hydroxyl groups is 3. The molecule has 1 aliphatic heterocycles. The number of hydrogen-bond donors (Lipinski definition) is 5. The smallest absolute Gasteiger partial charge is 0.251 e.